The van der Waals surface area contributed by atoms with Gasteiger partial charge in [-0.05, 0) is 55.2 Å². The molecule has 0 unspecified atom stereocenters. The standard InChI is InChI=1S/C19H29N5.HI/c1-20-18(24-12-8-19(15-24)6-4-7-19)22-14-16-5-9-21-17(13-16)23-10-2-3-11-23;/h5,9,13H,2-4,6-8,10-12,14-15H2,1H3,(H,20,22);1H. The van der Waals surface area contributed by atoms with Crippen LogP contribution in [0.4, 0.5) is 5.82 Å². The van der Waals surface area contributed by atoms with Crippen LogP contribution in [-0.2, 0) is 6.54 Å². The average molecular weight is 455 g/mol. The van der Waals surface area contributed by atoms with E-state index in [0.29, 0.717) is 5.41 Å². The summed E-state index contributed by atoms with van der Waals surface area (Å²) in [7, 11) is 1.90. The van der Waals surface area contributed by atoms with Crippen molar-refractivity contribution in [3.05, 3.63) is 23.9 Å². The molecule has 2 saturated heterocycles. The number of anilines is 1. The number of halogens is 1. The summed E-state index contributed by atoms with van der Waals surface area (Å²) in [5.74, 6) is 2.18. The Labute approximate surface area is 168 Å². The minimum absolute atomic E-state index is 0. The summed E-state index contributed by atoms with van der Waals surface area (Å²) < 4.78 is 0. The van der Waals surface area contributed by atoms with E-state index in [9.17, 15) is 0 Å². The first kappa shape index (κ1) is 18.7. The third-order valence-electron chi connectivity index (χ3n) is 6.05. The molecule has 1 aromatic heterocycles. The highest BCUT2D eigenvalue weighted by molar-refractivity contribution is 14.0. The van der Waals surface area contributed by atoms with Gasteiger partial charge in [0.25, 0.3) is 0 Å². The van der Waals surface area contributed by atoms with Crippen LogP contribution < -0.4 is 10.2 Å². The number of rotatable bonds is 3. The van der Waals surface area contributed by atoms with Crippen molar-refractivity contribution in [2.24, 2.45) is 10.4 Å². The summed E-state index contributed by atoms with van der Waals surface area (Å²) in [4.78, 5) is 13.9. The first-order chi connectivity index (χ1) is 11.8. The Morgan fingerprint density at radius 3 is 2.64 bits per heavy atom. The highest BCUT2D eigenvalue weighted by Crippen LogP contribution is 2.47. The number of nitrogens with one attached hydrogen (secondary N) is 1. The molecule has 3 fully saturated rings. The molecule has 2 aliphatic heterocycles. The van der Waals surface area contributed by atoms with E-state index in [1.807, 2.05) is 13.2 Å². The van der Waals surface area contributed by atoms with Crippen molar-refractivity contribution in [2.75, 3.05) is 38.1 Å². The van der Waals surface area contributed by atoms with Gasteiger partial charge >= 0.3 is 0 Å². The van der Waals surface area contributed by atoms with E-state index in [1.165, 1.54) is 50.6 Å². The molecule has 6 heteroatoms. The lowest BCUT2D eigenvalue weighted by molar-refractivity contribution is 0.151. The van der Waals surface area contributed by atoms with Gasteiger partial charge in [-0.1, -0.05) is 6.42 Å². The average Bonchev–Trinajstić information content (AvgIpc) is 3.25. The number of aliphatic imine (C=N–C) groups is 1. The molecule has 25 heavy (non-hydrogen) atoms. The first-order valence-electron chi connectivity index (χ1n) is 9.44. The fourth-order valence-corrected chi connectivity index (χ4v) is 4.40. The second-order valence-corrected chi connectivity index (χ2v) is 7.64. The molecule has 3 aliphatic rings. The smallest absolute Gasteiger partial charge is 0.193 e. The first-order valence-corrected chi connectivity index (χ1v) is 9.44. The Bertz CT molecular complexity index is 608. The maximum atomic E-state index is 4.54. The minimum Gasteiger partial charge on any atom is -0.357 e. The van der Waals surface area contributed by atoms with E-state index < -0.39 is 0 Å². The number of likely N-dealkylation sites (tertiary alicyclic amines) is 1. The normalized spacial score (nSPS) is 22.0. The zero-order valence-corrected chi connectivity index (χ0v) is 17.5. The van der Waals surface area contributed by atoms with Gasteiger partial charge in [0.05, 0.1) is 0 Å². The molecule has 0 bridgehead atoms. The molecule has 1 saturated carbocycles. The van der Waals surface area contributed by atoms with E-state index in [0.717, 1.165) is 38.0 Å². The molecule has 0 amide bonds. The highest BCUT2D eigenvalue weighted by atomic mass is 127. The predicted molar refractivity (Wildman–Crippen MR) is 114 cm³/mol. The maximum Gasteiger partial charge on any atom is 0.193 e. The van der Waals surface area contributed by atoms with Gasteiger partial charge in [-0.25, -0.2) is 4.98 Å². The van der Waals surface area contributed by atoms with Gasteiger partial charge in [-0.15, -0.1) is 24.0 Å². The summed E-state index contributed by atoms with van der Waals surface area (Å²) >= 11 is 0. The fourth-order valence-electron chi connectivity index (χ4n) is 4.40. The maximum absolute atomic E-state index is 4.54. The molecule has 1 spiro atoms. The van der Waals surface area contributed by atoms with E-state index in [1.54, 1.807) is 0 Å². The Morgan fingerprint density at radius 1 is 1.20 bits per heavy atom. The second kappa shape index (κ2) is 8.10. The second-order valence-electron chi connectivity index (χ2n) is 7.64. The molecular formula is C19H30IN5. The molecule has 138 valence electrons. The van der Waals surface area contributed by atoms with Crippen molar-refractivity contribution >= 4 is 35.8 Å². The fraction of sp³-hybridized carbons (Fsp3) is 0.684. The predicted octanol–water partition coefficient (Wildman–Crippen LogP) is 3.25. The number of aromatic nitrogens is 1. The van der Waals surface area contributed by atoms with Crippen LogP contribution in [0.5, 0.6) is 0 Å². The Hall–Kier alpha value is -1.05. The van der Waals surface area contributed by atoms with Crippen LogP contribution in [-0.4, -0.2) is 49.1 Å². The van der Waals surface area contributed by atoms with Gasteiger partial charge in [0.2, 0.25) is 0 Å². The van der Waals surface area contributed by atoms with Gasteiger partial charge < -0.3 is 15.1 Å². The van der Waals surface area contributed by atoms with Gasteiger partial charge in [0, 0.05) is 46.0 Å². The number of hydrogen-bond donors (Lipinski definition) is 1. The molecular weight excluding hydrogens is 425 g/mol. The number of guanidine groups is 1. The van der Waals surface area contributed by atoms with Gasteiger partial charge in [0.15, 0.2) is 5.96 Å². The van der Waals surface area contributed by atoms with Crippen molar-refractivity contribution in [1.29, 1.82) is 0 Å². The molecule has 3 heterocycles. The van der Waals surface area contributed by atoms with Crippen LogP contribution >= 0.6 is 24.0 Å². The molecule has 1 aromatic rings. The molecule has 0 aromatic carbocycles. The lowest BCUT2D eigenvalue weighted by atomic mass is 9.68. The molecule has 1 aliphatic carbocycles. The van der Waals surface area contributed by atoms with Gasteiger partial charge in [-0.3, -0.25) is 4.99 Å². The third-order valence-corrected chi connectivity index (χ3v) is 6.05. The zero-order chi connectivity index (χ0) is 16.4. The van der Waals surface area contributed by atoms with Crippen LogP contribution in [0.3, 0.4) is 0 Å². The van der Waals surface area contributed by atoms with E-state index >= 15 is 0 Å². The Kier molecular flexibility index (Phi) is 6.07. The monoisotopic (exact) mass is 455 g/mol. The molecule has 4 rings (SSSR count). The Balaban J connectivity index is 0.00000182. The van der Waals surface area contributed by atoms with Gasteiger partial charge in [-0.2, -0.15) is 0 Å². The SMILES string of the molecule is CN=C(NCc1ccnc(N2CCCC2)c1)N1CCC2(CCC2)C1.I. The molecule has 0 atom stereocenters. The van der Waals surface area contributed by atoms with Crippen LogP contribution in [0.25, 0.3) is 0 Å². The van der Waals surface area contributed by atoms with Crippen molar-refractivity contribution in [3.8, 4) is 0 Å². The van der Waals surface area contributed by atoms with Gasteiger partial charge in [0.1, 0.15) is 5.82 Å². The lowest BCUT2D eigenvalue weighted by Gasteiger charge is -2.38. The molecule has 5 nitrogen and oxygen atoms in total. The number of hydrogen-bond acceptors (Lipinski definition) is 3. The number of nitrogens with zero attached hydrogens (tertiary/aromatic N) is 4. The van der Waals surface area contributed by atoms with E-state index in [4.69, 9.17) is 0 Å². The van der Waals surface area contributed by atoms with Crippen LogP contribution in [0.15, 0.2) is 23.3 Å². The van der Waals surface area contributed by atoms with Crippen molar-refractivity contribution in [1.82, 2.24) is 15.2 Å². The summed E-state index contributed by atoms with van der Waals surface area (Å²) in [5.41, 5.74) is 1.89. The van der Waals surface area contributed by atoms with Crippen LogP contribution in [0.1, 0.15) is 44.1 Å². The Morgan fingerprint density at radius 2 is 2.00 bits per heavy atom. The van der Waals surface area contributed by atoms with Crippen LogP contribution in [0.2, 0.25) is 0 Å². The van der Waals surface area contributed by atoms with Crippen LogP contribution in [0, 0.1) is 5.41 Å². The topological polar surface area (TPSA) is 43.8 Å². The summed E-state index contributed by atoms with van der Waals surface area (Å²) in [6.07, 6.45) is 10.1. The van der Waals surface area contributed by atoms with E-state index in [2.05, 4.69) is 37.2 Å². The zero-order valence-electron chi connectivity index (χ0n) is 15.2. The summed E-state index contributed by atoms with van der Waals surface area (Å²) in [6, 6.07) is 4.33. The van der Waals surface area contributed by atoms with E-state index in [-0.39, 0.29) is 24.0 Å². The highest BCUT2D eigenvalue weighted by Gasteiger charge is 2.43. The lowest BCUT2D eigenvalue weighted by Crippen LogP contribution is -2.42. The van der Waals surface area contributed by atoms with Crippen molar-refractivity contribution in [3.63, 3.8) is 0 Å². The third kappa shape index (κ3) is 4.04. The summed E-state index contributed by atoms with van der Waals surface area (Å²) in [5, 5.41) is 3.56. The molecule has 1 N–H and O–H groups in total. The van der Waals surface area contributed by atoms with Crippen molar-refractivity contribution < 1.29 is 0 Å². The largest absolute Gasteiger partial charge is 0.357 e. The molecule has 0 radical (unpaired) electrons. The minimum atomic E-state index is 0. The summed E-state index contributed by atoms with van der Waals surface area (Å²) in [6.45, 7) is 5.43. The van der Waals surface area contributed by atoms with Crippen molar-refractivity contribution in [2.45, 2.75) is 45.1 Å². The number of pyridine rings is 1. The quantitative estimate of drug-likeness (QED) is 0.432.